The molecule has 0 aromatic carbocycles. The van der Waals surface area contributed by atoms with Crippen LogP contribution in [0.25, 0.3) is 0 Å². The van der Waals surface area contributed by atoms with Gasteiger partial charge in [-0.2, -0.15) is 0 Å². The molecule has 0 saturated carbocycles. The molecule has 0 aromatic rings. The third kappa shape index (κ3) is 6.42. The Kier molecular flexibility index (Phi) is 7.87. The lowest BCUT2D eigenvalue weighted by atomic mass is 9.91. The summed E-state index contributed by atoms with van der Waals surface area (Å²) in [6.07, 6.45) is 6.55. The van der Waals surface area contributed by atoms with E-state index in [0.29, 0.717) is 0 Å². The fourth-order valence-corrected chi connectivity index (χ4v) is 2.45. The quantitative estimate of drug-likeness (QED) is 0.731. The Balaban J connectivity index is 0.000000171. The highest BCUT2D eigenvalue weighted by molar-refractivity contribution is 4.65. The highest BCUT2D eigenvalue weighted by Crippen LogP contribution is 2.20. The van der Waals surface area contributed by atoms with Crippen LogP contribution in [0, 0.1) is 17.8 Å². The summed E-state index contributed by atoms with van der Waals surface area (Å²) in [5, 5.41) is 0. The summed E-state index contributed by atoms with van der Waals surface area (Å²) in [4.78, 5) is 0. The normalized spacial score (nSPS) is 26.5. The van der Waals surface area contributed by atoms with Gasteiger partial charge in [-0.05, 0) is 43.4 Å². The molecule has 2 heteroatoms. The Morgan fingerprint density at radius 2 is 1.71 bits per heavy atom. The van der Waals surface area contributed by atoms with Crippen LogP contribution in [0.5, 0.6) is 0 Å². The van der Waals surface area contributed by atoms with Crippen molar-refractivity contribution < 1.29 is 9.47 Å². The van der Waals surface area contributed by atoms with Crippen LogP contribution in [0.4, 0.5) is 0 Å². The molecule has 0 radical (unpaired) electrons. The van der Waals surface area contributed by atoms with E-state index in [0.717, 1.165) is 44.2 Å². The van der Waals surface area contributed by atoms with Crippen LogP contribution in [0.15, 0.2) is 0 Å². The van der Waals surface area contributed by atoms with Crippen molar-refractivity contribution in [3.05, 3.63) is 0 Å². The molecule has 0 spiro atoms. The van der Waals surface area contributed by atoms with Gasteiger partial charge in [0, 0.05) is 26.4 Å². The Bertz CT molecular complexity index is 168. The third-order valence-electron chi connectivity index (χ3n) is 4.06. The van der Waals surface area contributed by atoms with Crippen molar-refractivity contribution in [3.63, 3.8) is 0 Å². The van der Waals surface area contributed by atoms with Gasteiger partial charge in [0.15, 0.2) is 0 Å². The van der Waals surface area contributed by atoms with E-state index in [-0.39, 0.29) is 0 Å². The molecule has 2 heterocycles. The minimum atomic E-state index is 0.810. The van der Waals surface area contributed by atoms with Gasteiger partial charge in [0.05, 0.1) is 0 Å². The van der Waals surface area contributed by atoms with Gasteiger partial charge in [-0.1, -0.05) is 27.2 Å². The Morgan fingerprint density at radius 3 is 2.06 bits per heavy atom. The molecule has 2 nitrogen and oxygen atoms in total. The van der Waals surface area contributed by atoms with Gasteiger partial charge in [-0.15, -0.1) is 0 Å². The second-order valence-corrected chi connectivity index (χ2v) is 5.69. The summed E-state index contributed by atoms with van der Waals surface area (Å²) < 4.78 is 10.5. The lowest BCUT2D eigenvalue weighted by Crippen LogP contribution is -2.21. The molecule has 2 aliphatic rings. The maximum Gasteiger partial charge on any atom is 0.0496 e. The van der Waals surface area contributed by atoms with E-state index in [9.17, 15) is 0 Å². The molecule has 1 atom stereocenters. The van der Waals surface area contributed by atoms with Gasteiger partial charge in [0.2, 0.25) is 0 Å². The van der Waals surface area contributed by atoms with Crippen molar-refractivity contribution in [2.24, 2.45) is 17.8 Å². The fourth-order valence-electron chi connectivity index (χ4n) is 2.45. The lowest BCUT2D eigenvalue weighted by molar-refractivity contribution is 0.0373. The number of ether oxygens (including phenoxy) is 2. The molecule has 0 amide bonds. The molecule has 2 rings (SSSR count). The summed E-state index contributed by atoms with van der Waals surface area (Å²) in [7, 11) is 0. The maximum absolute atomic E-state index is 5.34. The summed E-state index contributed by atoms with van der Waals surface area (Å²) in [6.45, 7) is 10.8. The van der Waals surface area contributed by atoms with Crippen molar-refractivity contribution in [3.8, 4) is 0 Å². The van der Waals surface area contributed by atoms with Crippen molar-refractivity contribution >= 4 is 0 Å². The number of hydrogen-bond donors (Lipinski definition) is 0. The largest absolute Gasteiger partial charge is 0.381 e. The molecule has 0 N–H and O–H groups in total. The first-order chi connectivity index (χ1) is 8.24. The van der Waals surface area contributed by atoms with E-state index in [1.54, 1.807) is 0 Å². The molecule has 0 aliphatic carbocycles. The van der Waals surface area contributed by atoms with Crippen molar-refractivity contribution in [1.82, 2.24) is 0 Å². The molecule has 102 valence electrons. The van der Waals surface area contributed by atoms with Crippen molar-refractivity contribution in [2.75, 3.05) is 26.4 Å². The molecule has 1 unspecified atom stereocenters. The Hall–Kier alpha value is -0.0800. The van der Waals surface area contributed by atoms with Crippen LogP contribution in [-0.4, -0.2) is 26.4 Å². The predicted molar refractivity (Wildman–Crippen MR) is 72.2 cm³/mol. The van der Waals surface area contributed by atoms with Crippen molar-refractivity contribution in [1.29, 1.82) is 0 Å². The minimum Gasteiger partial charge on any atom is -0.381 e. The van der Waals surface area contributed by atoms with Gasteiger partial charge in [0.25, 0.3) is 0 Å². The highest BCUT2D eigenvalue weighted by Gasteiger charge is 2.16. The minimum absolute atomic E-state index is 0.810. The molecular weight excluding hydrogens is 212 g/mol. The first-order valence-electron chi connectivity index (χ1n) is 7.39. The van der Waals surface area contributed by atoms with Gasteiger partial charge in [-0.25, -0.2) is 0 Å². The van der Waals surface area contributed by atoms with E-state index >= 15 is 0 Å². The first-order valence-corrected chi connectivity index (χ1v) is 7.39. The average Bonchev–Trinajstić information content (AvgIpc) is 2.41. The molecule has 2 fully saturated rings. The Labute approximate surface area is 107 Å². The van der Waals surface area contributed by atoms with Gasteiger partial charge >= 0.3 is 0 Å². The van der Waals surface area contributed by atoms with Crippen LogP contribution in [0.3, 0.4) is 0 Å². The van der Waals surface area contributed by atoms with E-state index in [1.165, 1.54) is 32.1 Å². The van der Waals surface area contributed by atoms with Gasteiger partial charge in [0.1, 0.15) is 0 Å². The Morgan fingerprint density at radius 1 is 1.00 bits per heavy atom. The average molecular weight is 242 g/mol. The summed E-state index contributed by atoms with van der Waals surface area (Å²) >= 11 is 0. The van der Waals surface area contributed by atoms with E-state index < -0.39 is 0 Å². The third-order valence-corrected chi connectivity index (χ3v) is 4.06. The fraction of sp³-hybridized carbons (Fsp3) is 1.00. The zero-order chi connectivity index (χ0) is 12.5. The number of hydrogen-bond acceptors (Lipinski definition) is 2. The van der Waals surface area contributed by atoms with Gasteiger partial charge < -0.3 is 9.47 Å². The van der Waals surface area contributed by atoms with Gasteiger partial charge in [-0.3, -0.25) is 0 Å². The van der Waals surface area contributed by atoms with Crippen LogP contribution in [0.1, 0.15) is 52.9 Å². The van der Waals surface area contributed by atoms with E-state index in [2.05, 4.69) is 20.8 Å². The predicted octanol–water partition coefficient (Wildman–Crippen LogP) is 3.89. The van der Waals surface area contributed by atoms with E-state index in [4.69, 9.17) is 9.47 Å². The molecule has 0 bridgehead atoms. The van der Waals surface area contributed by atoms with Crippen LogP contribution in [-0.2, 0) is 9.47 Å². The van der Waals surface area contributed by atoms with Crippen LogP contribution in [0.2, 0.25) is 0 Å². The molecule has 2 aliphatic heterocycles. The summed E-state index contributed by atoms with van der Waals surface area (Å²) in [5.74, 6) is 2.60. The summed E-state index contributed by atoms with van der Waals surface area (Å²) in [6, 6.07) is 0. The molecule has 0 aromatic heterocycles. The second kappa shape index (κ2) is 8.93. The smallest absolute Gasteiger partial charge is 0.0496 e. The first kappa shape index (κ1) is 15.0. The van der Waals surface area contributed by atoms with E-state index in [1.807, 2.05) is 0 Å². The number of rotatable bonds is 2. The topological polar surface area (TPSA) is 18.5 Å². The van der Waals surface area contributed by atoms with Crippen molar-refractivity contribution in [2.45, 2.75) is 52.9 Å². The maximum atomic E-state index is 5.34. The zero-order valence-electron chi connectivity index (χ0n) is 11.9. The molecule has 17 heavy (non-hydrogen) atoms. The second-order valence-electron chi connectivity index (χ2n) is 5.69. The summed E-state index contributed by atoms with van der Waals surface area (Å²) in [5.41, 5.74) is 0. The standard InChI is InChI=1S/C8H16O.C7H14O/c1-7(2)8-4-3-5-9-6-8;1-2-7-3-5-8-6-4-7/h7-8H,3-6H2,1-2H3;7H,2-6H2,1H3. The monoisotopic (exact) mass is 242 g/mol. The highest BCUT2D eigenvalue weighted by atomic mass is 16.5. The molecule has 2 saturated heterocycles. The van der Waals surface area contributed by atoms with Crippen LogP contribution < -0.4 is 0 Å². The molecular formula is C15H30O2. The lowest BCUT2D eigenvalue weighted by Gasteiger charge is -2.24. The SMILES string of the molecule is CC(C)C1CCCOC1.CCC1CCOCC1. The van der Waals surface area contributed by atoms with Crippen LogP contribution >= 0.6 is 0 Å². The zero-order valence-corrected chi connectivity index (χ0v) is 11.9.